The molecule has 0 saturated carbocycles. The lowest BCUT2D eigenvalue weighted by atomic mass is 10.1. The molecule has 1 saturated heterocycles. The maximum atomic E-state index is 5.94. The molecule has 0 atom stereocenters. The molecule has 0 unspecified atom stereocenters. The van der Waals surface area contributed by atoms with Crippen molar-refractivity contribution in [2.45, 2.75) is 19.5 Å². The van der Waals surface area contributed by atoms with Gasteiger partial charge in [0.15, 0.2) is 5.96 Å². The van der Waals surface area contributed by atoms with Crippen LogP contribution in [-0.4, -0.2) is 43.7 Å². The van der Waals surface area contributed by atoms with Crippen LogP contribution in [0.1, 0.15) is 16.0 Å². The largest absolute Gasteiger partial charge is 0.379 e. The first-order chi connectivity index (χ1) is 12.3. The summed E-state index contributed by atoms with van der Waals surface area (Å²) in [5.41, 5.74) is 8.44. The molecule has 5 nitrogen and oxygen atoms in total. The molecule has 2 aromatic rings. The number of ether oxygens (including phenoxy) is 1. The summed E-state index contributed by atoms with van der Waals surface area (Å²) in [4.78, 5) is 8.20. The first-order valence-electron chi connectivity index (χ1n) is 8.74. The van der Waals surface area contributed by atoms with Crippen LogP contribution in [0.4, 0.5) is 0 Å². The van der Waals surface area contributed by atoms with E-state index in [1.54, 1.807) is 11.3 Å². The minimum atomic E-state index is 0. The van der Waals surface area contributed by atoms with E-state index >= 15 is 0 Å². The van der Waals surface area contributed by atoms with E-state index in [1.807, 2.05) is 0 Å². The molecule has 0 amide bonds. The number of hydrogen-bond acceptors (Lipinski definition) is 4. The first kappa shape index (κ1) is 21.1. The zero-order valence-corrected chi connectivity index (χ0v) is 18.0. The van der Waals surface area contributed by atoms with Crippen molar-refractivity contribution < 1.29 is 4.74 Å². The number of nitrogens with zero attached hydrogens (tertiary/aromatic N) is 2. The van der Waals surface area contributed by atoms with Crippen molar-refractivity contribution in [2.75, 3.05) is 32.8 Å². The van der Waals surface area contributed by atoms with Crippen LogP contribution in [0, 0.1) is 0 Å². The van der Waals surface area contributed by atoms with E-state index in [4.69, 9.17) is 10.5 Å². The van der Waals surface area contributed by atoms with Gasteiger partial charge in [0.25, 0.3) is 0 Å². The van der Waals surface area contributed by atoms with Crippen LogP contribution in [0.5, 0.6) is 0 Å². The minimum absolute atomic E-state index is 0. The molecule has 1 aromatic heterocycles. The summed E-state index contributed by atoms with van der Waals surface area (Å²) in [5, 5.41) is 5.27. The van der Waals surface area contributed by atoms with Crippen LogP contribution in [0.3, 0.4) is 0 Å². The number of halogens is 1. The molecule has 0 bridgehead atoms. The normalized spacial score (nSPS) is 15.5. The topological polar surface area (TPSA) is 62.9 Å². The Morgan fingerprint density at radius 1 is 1.15 bits per heavy atom. The molecule has 26 heavy (non-hydrogen) atoms. The number of guanidine groups is 1. The standard InChI is InChI=1S/C19H26N4OS.HI/c20-19(21-8-7-18-2-1-13-25-18)22-14-16-3-5-17(6-4-16)15-23-9-11-24-12-10-23;/h1-6,13H,7-12,14-15H2,(H3,20,21,22);1H. The molecule has 142 valence electrons. The summed E-state index contributed by atoms with van der Waals surface area (Å²) in [7, 11) is 0. The molecule has 7 heteroatoms. The zero-order valence-electron chi connectivity index (χ0n) is 14.9. The van der Waals surface area contributed by atoms with Gasteiger partial charge in [-0.2, -0.15) is 0 Å². The zero-order chi connectivity index (χ0) is 17.3. The van der Waals surface area contributed by atoms with Crippen LogP contribution >= 0.6 is 35.3 Å². The molecule has 1 aliphatic heterocycles. The second kappa shape index (κ2) is 11.5. The van der Waals surface area contributed by atoms with E-state index in [9.17, 15) is 0 Å². The van der Waals surface area contributed by atoms with Gasteiger partial charge in [-0.3, -0.25) is 4.90 Å². The first-order valence-corrected chi connectivity index (χ1v) is 9.61. The third kappa shape index (κ3) is 7.22. The van der Waals surface area contributed by atoms with E-state index in [-0.39, 0.29) is 24.0 Å². The van der Waals surface area contributed by atoms with Gasteiger partial charge in [-0.25, -0.2) is 4.99 Å². The molecule has 0 aliphatic carbocycles. The fourth-order valence-corrected chi connectivity index (χ4v) is 3.48. The molecular formula is C19H27IN4OS. The van der Waals surface area contributed by atoms with Crippen LogP contribution < -0.4 is 11.1 Å². The SMILES string of the molecule is I.NC(=NCc1ccc(CN2CCOCC2)cc1)NCCc1cccs1. The quantitative estimate of drug-likeness (QED) is 0.359. The van der Waals surface area contributed by atoms with Crippen molar-refractivity contribution in [3.63, 3.8) is 0 Å². The van der Waals surface area contributed by atoms with Crippen molar-refractivity contribution >= 4 is 41.3 Å². The number of rotatable bonds is 7. The maximum absolute atomic E-state index is 5.94. The van der Waals surface area contributed by atoms with E-state index in [0.29, 0.717) is 12.5 Å². The van der Waals surface area contributed by atoms with Crippen LogP contribution in [0.25, 0.3) is 0 Å². The molecule has 1 aromatic carbocycles. The number of hydrogen-bond donors (Lipinski definition) is 2. The lowest BCUT2D eigenvalue weighted by Gasteiger charge is -2.26. The van der Waals surface area contributed by atoms with Gasteiger partial charge in [0.05, 0.1) is 19.8 Å². The summed E-state index contributed by atoms with van der Waals surface area (Å²) < 4.78 is 5.39. The second-order valence-corrected chi connectivity index (χ2v) is 7.19. The Morgan fingerprint density at radius 2 is 1.88 bits per heavy atom. The average molecular weight is 486 g/mol. The molecule has 0 radical (unpaired) electrons. The highest BCUT2D eigenvalue weighted by Gasteiger charge is 2.10. The summed E-state index contributed by atoms with van der Waals surface area (Å²) in [6.45, 7) is 6.11. The van der Waals surface area contributed by atoms with Gasteiger partial charge in [-0.1, -0.05) is 30.3 Å². The molecule has 0 spiro atoms. The Kier molecular flexibility index (Phi) is 9.38. The van der Waals surface area contributed by atoms with Crippen molar-refractivity contribution in [2.24, 2.45) is 10.7 Å². The molecule has 2 heterocycles. The van der Waals surface area contributed by atoms with Crippen LogP contribution in [0.15, 0.2) is 46.8 Å². The summed E-state index contributed by atoms with van der Waals surface area (Å²) in [6.07, 6.45) is 0.976. The van der Waals surface area contributed by atoms with Gasteiger partial charge in [0.1, 0.15) is 0 Å². The third-order valence-electron chi connectivity index (χ3n) is 4.22. The molecule has 3 N–H and O–H groups in total. The molecular weight excluding hydrogens is 459 g/mol. The van der Waals surface area contributed by atoms with Gasteiger partial charge >= 0.3 is 0 Å². The predicted octanol–water partition coefficient (Wildman–Crippen LogP) is 2.85. The fraction of sp³-hybridized carbons (Fsp3) is 0.421. The van der Waals surface area contributed by atoms with Gasteiger partial charge in [0.2, 0.25) is 0 Å². The number of nitrogens with one attached hydrogen (secondary N) is 1. The lowest BCUT2D eigenvalue weighted by molar-refractivity contribution is 0.0342. The van der Waals surface area contributed by atoms with Gasteiger partial charge in [-0.05, 0) is 29.0 Å². The monoisotopic (exact) mass is 486 g/mol. The number of benzene rings is 1. The number of nitrogens with two attached hydrogens (primary N) is 1. The highest BCUT2D eigenvalue weighted by atomic mass is 127. The Morgan fingerprint density at radius 3 is 2.58 bits per heavy atom. The average Bonchev–Trinajstić information content (AvgIpc) is 3.15. The van der Waals surface area contributed by atoms with Crippen molar-refractivity contribution in [3.05, 3.63) is 57.8 Å². The van der Waals surface area contributed by atoms with E-state index < -0.39 is 0 Å². The number of thiophene rings is 1. The third-order valence-corrected chi connectivity index (χ3v) is 5.16. The maximum Gasteiger partial charge on any atom is 0.188 e. The predicted molar refractivity (Wildman–Crippen MR) is 119 cm³/mol. The number of morpholine rings is 1. The Labute approximate surface area is 176 Å². The minimum Gasteiger partial charge on any atom is -0.379 e. The van der Waals surface area contributed by atoms with Gasteiger partial charge < -0.3 is 15.8 Å². The van der Waals surface area contributed by atoms with Crippen LogP contribution in [-0.2, 0) is 24.2 Å². The molecule has 1 aliphatic rings. The van der Waals surface area contributed by atoms with Crippen molar-refractivity contribution in [3.8, 4) is 0 Å². The molecule has 1 fully saturated rings. The van der Waals surface area contributed by atoms with E-state index in [2.05, 4.69) is 57.0 Å². The molecule has 3 rings (SSSR count). The van der Waals surface area contributed by atoms with Crippen molar-refractivity contribution in [1.29, 1.82) is 0 Å². The highest BCUT2D eigenvalue weighted by Crippen LogP contribution is 2.10. The van der Waals surface area contributed by atoms with Gasteiger partial charge in [-0.15, -0.1) is 35.3 Å². The van der Waals surface area contributed by atoms with Crippen molar-refractivity contribution in [1.82, 2.24) is 10.2 Å². The van der Waals surface area contributed by atoms with E-state index in [1.165, 1.54) is 16.0 Å². The van der Waals surface area contributed by atoms with Gasteiger partial charge in [0, 0.05) is 31.1 Å². The fourth-order valence-electron chi connectivity index (χ4n) is 2.77. The summed E-state index contributed by atoms with van der Waals surface area (Å²) >= 11 is 1.77. The number of aliphatic imine (C=N–C) groups is 1. The second-order valence-electron chi connectivity index (χ2n) is 6.16. The Bertz CT molecular complexity index is 655. The summed E-state index contributed by atoms with van der Waals surface area (Å²) in [6, 6.07) is 12.8. The Hall–Kier alpha value is -1.16. The van der Waals surface area contributed by atoms with Crippen LogP contribution in [0.2, 0.25) is 0 Å². The highest BCUT2D eigenvalue weighted by molar-refractivity contribution is 14.0. The Balaban J connectivity index is 0.00000243. The van der Waals surface area contributed by atoms with E-state index in [0.717, 1.165) is 45.8 Å². The lowest BCUT2D eigenvalue weighted by Crippen LogP contribution is -2.35. The smallest absolute Gasteiger partial charge is 0.188 e. The summed E-state index contributed by atoms with van der Waals surface area (Å²) in [5.74, 6) is 0.508.